The Hall–Kier alpha value is -2.89. The summed E-state index contributed by atoms with van der Waals surface area (Å²) in [4.78, 5) is 38.3. The van der Waals surface area contributed by atoms with E-state index in [1.165, 1.54) is 225 Å². The van der Waals surface area contributed by atoms with Gasteiger partial charge in [0, 0.05) is 19.3 Å². The average Bonchev–Trinajstić information content (AvgIpc) is 3.42. The largest absolute Gasteiger partial charge is 0.462 e. The normalized spacial score (nSPS) is 12.4. The number of unbranched alkanes of at least 4 members (excludes halogenated alkanes) is 40. The van der Waals surface area contributed by atoms with E-state index >= 15 is 0 Å². The van der Waals surface area contributed by atoms with Crippen molar-refractivity contribution < 1.29 is 28.6 Å². The number of hydrogen-bond donors (Lipinski definition) is 0. The molecule has 0 radical (unpaired) electrons. The zero-order chi connectivity index (χ0) is 55.0. The molecular weight excluding hydrogens is 937 g/mol. The Morgan fingerprint density at radius 3 is 0.763 bits per heavy atom. The van der Waals surface area contributed by atoms with Crippen LogP contribution in [0.25, 0.3) is 0 Å². The molecular formula is C70H126O6. The van der Waals surface area contributed by atoms with Crippen LogP contribution in [0.4, 0.5) is 0 Å². The van der Waals surface area contributed by atoms with Gasteiger partial charge in [0.05, 0.1) is 0 Å². The third-order valence-corrected chi connectivity index (χ3v) is 14.7. The van der Waals surface area contributed by atoms with Gasteiger partial charge in [-0.25, -0.2) is 0 Å². The minimum absolute atomic E-state index is 0.0772. The van der Waals surface area contributed by atoms with Crippen LogP contribution in [0.5, 0.6) is 0 Å². The molecule has 76 heavy (non-hydrogen) atoms. The number of carbonyl (C=O) groups excluding carboxylic acids is 3. The highest BCUT2D eigenvalue weighted by molar-refractivity contribution is 5.71. The summed E-state index contributed by atoms with van der Waals surface area (Å²) in [7, 11) is 0. The van der Waals surface area contributed by atoms with Crippen LogP contribution in [-0.2, 0) is 28.6 Å². The van der Waals surface area contributed by atoms with E-state index in [0.29, 0.717) is 19.3 Å². The van der Waals surface area contributed by atoms with Crippen molar-refractivity contribution in [1.82, 2.24) is 0 Å². The van der Waals surface area contributed by atoms with Crippen LogP contribution in [0.15, 0.2) is 60.8 Å². The highest BCUT2D eigenvalue weighted by Crippen LogP contribution is 2.17. The second-order valence-electron chi connectivity index (χ2n) is 22.4. The predicted molar refractivity (Wildman–Crippen MR) is 330 cm³/mol. The highest BCUT2D eigenvalue weighted by Gasteiger charge is 2.19. The topological polar surface area (TPSA) is 78.9 Å². The molecule has 0 saturated carbocycles. The van der Waals surface area contributed by atoms with Gasteiger partial charge in [0.15, 0.2) is 6.10 Å². The molecule has 0 heterocycles. The fourth-order valence-electron chi connectivity index (χ4n) is 9.68. The Balaban J connectivity index is 4.19. The van der Waals surface area contributed by atoms with E-state index in [-0.39, 0.29) is 31.1 Å². The van der Waals surface area contributed by atoms with Gasteiger partial charge in [-0.2, -0.15) is 0 Å². The molecule has 1 atom stereocenters. The number of hydrogen-bond acceptors (Lipinski definition) is 6. The Bertz CT molecular complexity index is 1360. The molecule has 0 aliphatic carbocycles. The van der Waals surface area contributed by atoms with Crippen LogP contribution in [0.2, 0.25) is 0 Å². The van der Waals surface area contributed by atoms with Gasteiger partial charge in [-0.15, -0.1) is 0 Å². The first-order valence-electron chi connectivity index (χ1n) is 33.3. The second kappa shape index (κ2) is 64.6. The third-order valence-electron chi connectivity index (χ3n) is 14.7. The quantitative estimate of drug-likeness (QED) is 0.0261. The Labute approximate surface area is 472 Å². The molecule has 0 saturated heterocycles. The molecule has 0 N–H and O–H groups in total. The van der Waals surface area contributed by atoms with Crippen LogP contribution in [-0.4, -0.2) is 37.2 Å². The summed E-state index contributed by atoms with van der Waals surface area (Å²) in [5.74, 6) is -0.877. The van der Waals surface area contributed by atoms with Gasteiger partial charge < -0.3 is 14.2 Å². The Kier molecular flexibility index (Phi) is 62.2. The van der Waals surface area contributed by atoms with Gasteiger partial charge >= 0.3 is 17.9 Å². The molecule has 0 aromatic rings. The van der Waals surface area contributed by atoms with Crippen LogP contribution in [0.1, 0.15) is 348 Å². The summed E-state index contributed by atoms with van der Waals surface area (Å²) >= 11 is 0. The lowest BCUT2D eigenvalue weighted by Gasteiger charge is -2.18. The van der Waals surface area contributed by atoms with E-state index in [2.05, 4.69) is 81.5 Å². The fourth-order valence-corrected chi connectivity index (χ4v) is 9.68. The number of ether oxygens (including phenoxy) is 3. The van der Waals surface area contributed by atoms with Crippen LogP contribution in [0, 0.1) is 0 Å². The zero-order valence-corrected chi connectivity index (χ0v) is 50.8. The molecule has 0 spiro atoms. The van der Waals surface area contributed by atoms with Gasteiger partial charge in [0.1, 0.15) is 13.2 Å². The summed E-state index contributed by atoms with van der Waals surface area (Å²) in [6, 6.07) is 0. The van der Waals surface area contributed by atoms with E-state index in [1.807, 2.05) is 0 Å². The minimum Gasteiger partial charge on any atom is -0.462 e. The maximum Gasteiger partial charge on any atom is 0.306 e. The molecule has 0 rings (SSSR count). The lowest BCUT2D eigenvalue weighted by molar-refractivity contribution is -0.167. The van der Waals surface area contributed by atoms with Crippen molar-refractivity contribution in [2.24, 2.45) is 0 Å². The maximum atomic E-state index is 12.9. The maximum absolute atomic E-state index is 12.9. The second-order valence-corrected chi connectivity index (χ2v) is 22.4. The first-order valence-corrected chi connectivity index (χ1v) is 33.3. The molecule has 6 nitrogen and oxygen atoms in total. The summed E-state index contributed by atoms with van der Waals surface area (Å²) < 4.78 is 16.9. The molecule has 0 bridgehead atoms. The molecule has 442 valence electrons. The predicted octanol–water partition coefficient (Wildman–Crippen LogP) is 22.7. The van der Waals surface area contributed by atoms with Crippen LogP contribution >= 0.6 is 0 Å². The molecule has 0 aliphatic rings. The van der Waals surface area contributed by atoms with Gasteiger partial charge in [-0.05, 0) is 109 Å². The minimum atomic E-state index is -0.781. The molecule has 6 heteroatoms. The van der Waals surface area contributed by atoms with Crippen molar-refractivity contribution >= 4 is 17.9 Å². The van der Waals surface area contributed by atoms with Crippen molar-refractivity contribution in [2.45, 2.75) is 354 Å². The number of rotatable bonds is 61. The van der Waals surface area contributed by atoms with Crippen molar-refractivity contribution in [3.05, 3.63) is 60.8 Å². The number of esters is 3. The standard InChI is InChI=1S/C70H126O6/c1-4-7-10-13-16-19-22-25-27-29-30-31-32-33-34-35-36-37-38-39-40-42-43-45-48-51-54-57-60-63-69(72)75-66-67(65-74-68(71)62-59-56-53-50-47-24-21-18-15-12-9-6-3)76-70(73)64-61-58-55-52-49-46-44-41-28-26-23-20-17-14-11-8-5-2/h17-18,20-22,25-26,28-30,67H,4-16,19,23-24,27,31-66H2,1-3H3/b20-17-,21-18-,25-22-,28-26-,30-29-. The van der Waals surface area contributed by atoms with Crippen LogP contribution in [0.3, 0.4) is 0 Å². The summed E-state index contributed by atoms with van der Waals surface area (Å²) in [6.07, 6.45) is 82.4. The van der Waals surface area contributed by atoms with E-state index < -0.39 is 6.10 Å². The molecule has 1 unspecified atom stereocenters. The van der Waals surface area contributed by atoms with Crippen LogP contribution < -0.4 is 0 Å². The summed E-state index contributed by atoms with van der Waals surface area (Å²) in [6.45, 7) is 6.61. The van der Waals surface area contributed by atoms with Crippen molar-refractivity contribution in [1.29, 1.82) is 0 Å². The average molecular weight is 1060 g/mol. The van der Waals surface area contributed by atoms with Crippen molar-refractivity contribution in [3.63, 3.8) is 0 Å². The molecule has 0 aliphatic heterocycles. The van der Waals surface area contributed by atoms with Gasteiger partial charge in [0.25, 0.3) is 0 Å². The van der Waals surface area contributed by atoms with Crippen molar-refractivity contribution in [2.75, 3.05) is 13.2 Å². The Morgan fingerprint density at radius 1 is 0.263 bits per heavy atom. The molecule has 0 fully saturated rings. The third kappa shape index (κ3) is 62.0. The number of allylic oxidation sites excluding steroid dienone is 10. The molecule has 0 amide bonds. The smallest absolute Gasteiger partial charge is 0.306 e. The van der Waals surface area contributed by atoms with Gasteiger partial charge in [0.2, 0.25) is 0 Å². The SMILES string of the molecule is CCCCC/C=C\C/C=C\CCCCCCCCCC(=O)OC(COC(=O)CCCCCCC/C=C\CCCCC)COC(=O)CCCCCCCCCCCCCCCCCCC/C=C\C/C=C\CCCCCCC. The lowest BCUT2D eigenvalue weighted by Crippen LogP contribution is -2.30. The monoisotopic (exact) mass is 1060 g/mol. The first-order chi connectivity index (χ1) is 37.5. The van der Waals surface area contributed by atoms with Crippen molar-refractivity contribution in [3.8, 4) is 0 Å². The van der Waals surface area contributed by atoms with Gasteiger partial charge in [-0.1, -0.05) is 281 Å². The van der Waals surface area contributed by atoms with E-state index in [4.69, 9.17) is 14.2 Å². The number of carbonyl (C=O) groups is 3. The highest BCUT2D eigenvalue weighted by atomic mass is 16.6. The van der Waals surface area contributed by atoms with E-state index in [1.54, 1.807) is 0 Å². The summed E-state index contributed by atoms with van der Waals surface area (Å²) in [5, 5.41) is 0. The summed E-state index contributed by atoms with van der Waals surface area (Å²) in [5.41, 5.74) is 0. The van der Waals surface area contributed by atoms with E-state index in [0.717, 1.165) is 83.5 Å². The first kappa shape index (κ1) is 73.1. The van der Waals surface area contributed by atoms with Gasteiger partial charge in [-0.3, -0.25) is 14.4 Å². The zero-order valence-electron chi connectivity index (χ0n) is 50.8. The van der Waals surface area contributed by atoms with E-state index in [9.17, 15) is 14.4 Å². The molecule has 0 aromatic carbocycles. The molecule has 0 aromatic heterocycles. The Morgan fingerprint density at radius 2 is 0.474 bits per heavy atom. The lowest BCUT2D eigenvalue weighted by atomic mass is 10.0. The fraction of sp³-hybridized carbons (Fsp3) is 0.814.